The van der Waals surface area contributed by atoms with Crippen LogP contribution >= 0.6 is 112 Å². The Hall–Kier alpha value is -12.8. The van der Waals surface area contributed by atoms with E-state index in [2.05, 4.69) is 275 Å². The second-order valence-corrected chi connectivity index (χ2v) is 36.7. The molecule has 0 aliphatic carbocycles. The van der Waals surface area contributed by atoms with E-state index in [4.69, 9.17) is 47.4 Å². The van der Waals surface area contributed by atoms with Crippen molar-refractivity contribution in [3.8, 4) is 79.7 Å². The molecule has 10 nitrogen and oxygen atoms in total. The predicted octanol–water partition coefficient (Wildman–Crippen LogP) is 34.9. The zero-order valence-corrected chi connectivity index (χ0v) is 87.4. The Labute approximate surface area is 868 Å². The molecule has 0 spiro atoms. The monoisotopic (exact) mass is 2270 g/mol. The van der Waals surface area contributed by atoms with Gasteiger partial charge in [-0.3, -0.25) is 0 Å². The molecule has 0 saturated carbocycles. The van der Waals surface area contributed by atoms with Crippen LogP contribution < -0.4 is 47.4 Å². The number of benzene rings is 18. The van der Waals surface area contributed by atoms with Crippen molar-refractivity contribution in [3.05, 3.63) is 553 Å². The van der Waals surface area contributed by atoms with Crippen LogP contribution in [-0.2, 0) is 59.1 Å². The molecule has 18 aromatic carbocycles. The summed E-state index contributed by atoms with van der Waals surface area (Å²) in [5.41, 5.74) is 17.7. The van der Waals surface area contributed by atoms with Crippen LogP contribution in [-0.4, -0.2) is 21.3 Å². The highest BCUT2D eigenvalue weighted by atomic mass is 79.9. The molecule has 0 bridgehead atoms. The van der Waals surface area contributed by atoms with E-state index in [1.54, 1.807) is 33.5 Å². The van der Waals surface area contributed by atoms with Gasteiger partial charge in [0.05, 0.1) is 52.6 Å². The lowest BCUT2D eigenvalue weighted by atomic mass is 10.0. The summed E-state index contributed by atoms with van der Waals surface area (Å²) in [6.07, 6.45) is 1.79. The van der Waals surface area contributed by atoms with Gasteiger partial charge in [0.25, 0.3) is 0 Å². The lowest BCUT2D eigenvalue weighted by molar-refractivity contribution is 0.281. The van der Waals surface area contributed by atoms with Crippen LogP contribution in [0.4, 0.5) is 4.39 Å². The predicted molar refractivity (Wildman–Crippen MR) is 583 cm³/mol. The third kappa shape index (κ3) is 35.0. The van der Waals surface area contributed by atoms with Crippen LogP contribution in [0.25, 0.3) is 22.3 Å². The average molecular weight is 2280 g/mol. The molecule has 18 heteroatoms. The largest absolute Gasteiger partial charge is 0.497 e. The fraction of sp³-hybridized carbons (Fsp3) is 0.100. The third-order valence-electron chi connectivity index (χ3n) is 20.7. The minimum atomic E-state index is -0.279. The Balaban J connectivity index is 0.000000145. The fourth-order valence-corrected chi connectivity index (χ4v) is 17.2. The number of para-hydroxylation sites is 3. The Kier molecular flexibility index (Phi) is 43.8. The van der Waals surface area contributed by atoms with Crippen molar-refractivity contribution < 1.29 is 51.8 Å². The number of halogens is 8. The third-order valence-corrected chi connectivity index (χ3v) is 25.0. The van der Waals surface area contributed by atoms with Crippen LogP contribution in [0.2, 0.25) is 0 Å². The molecule has 18 rings (SSSR count). The van der Waals surface area contributed by atoms with E-state index in [1.807, 2.05) is 267 Å². The molecule has 0 fully saturated rings. The summed E-state index contributed by atoms with van der Waals surface area (Å²) >= 11 is 24.6. The Bertz CT molecular complexity index is 6600. The zero-order valence-electron chi connectivity index (χ0n) is 76.3. The highest BCUT2D eigenvalue weighted by Gasteiger charge is 2.17. The summed E-state index contributed by atoms with van der Waals surface area (Å²) in [7, 11) is 4.86. The van der Waals surface area contributed by atoms with Gasteiger partial charge in [0.1, 0.15) is 86.6 Å². The highest BCUT2D eigenvalue weighted by molar-refractivity contribution is 9.11. The van der Waals surface area contributed by atoms with Gasteiger partial charge < -0.3 is 47.4 Å². The Morgan fingerprint density at radius 1 is 0.188 bits per heavy atom. The zero-order chi connectivity index (χ0) is 96.5. The second kappa shape index (κ2) is 58.1. The van der Waals surface area contributed by atoms with Gasteiger partial charge in [0.2, 0.25) is 0 Å². The molecule has 698 valence electrons. The van der Waals surface area contributed by atoms with Gasteiger partial charge in [-0.05, 0) is 269 Å². The maximum absolute atomic E-state index is 12.8. The molecule has 138 heavy (non-hydrogen) atoms. The number of methoxy groups -OCH3 is 3. The van der Waals surface area contributed by atoms with E-state index >= 15 is 0 Å². The van der Waals surface area contributed by atoms with Gasteiger partial charge in [-0.25, -0.2) is 4.39 Å². The normalized spacial score (nSPS) is 10.3. The standard InChI is InChI=1S/2C20H17BrO.2C19H15BrO.C15H15BrO3.C14H13BrO2.C13H10BrFO/c21-19-13-7-12-18(14-16-8-3-1-4-9-16)20(19)22-15-17-10-5-2-6-11-17;21-19-14-18(13-16-7-3-1-4-8-16)11-12-20(19)22-15-17-9-5-2-6-10-17;20-18-13-7-12-17(16-10-5-2-6-11-16)19(18)21-14-15-8-3-1-4-9-15;20-18-13-17(16-9-5-2-6-10-16)11-12-19(18)21-14-15-7-3-1-4-8-15;1-17-12-8-13(16)15(14(9-12)18-2)19-10-11-6-4-3-5-7-11;1-16-13-9-5-8-12(15)14(13)17-10-11-6-3-2-4-7-11;14-12-8-11(15)6-7-13(12)16-9-10-4-2-1-3-5-10/h1-13H,14-15H2;1-12,14H,13,15H2;2*1-13H,14H2;3-9H,10H2,1-2H3;2-9H,10H2,1H3;1-8H,9H2. The quantitative estimate of drug-likeness (QED) is 0.0433. The SMILES string of the molecule is Brc1cc(-c2ccccc2)ccc1OCc1ccccc1.Brc1cc(Cc2ccccc2)ccc1OCc1ccccc1.Brc1cccc(-c2ccccc2)c1OCc1ccccc1.Brc1cccc(Cc2ccccc2)c1OCc1ccccc1.COc1cc(Br)c(OCc2ccccc2)c(OC)c1.COc1cccc(Br)c1OCc1ccccc1.Fc1ccc(OCc2ccccc2)c(Br)c1. The van der Waals surface area contributed by atoms with E-state index < -0.39 is 0 Å². The summed E-state index contributed by atoms with van der Waals surface area (Å²) in [5.74, 6) is 7.41. The van der Waals surface area contributed by atoms with Gasteiger partial charge >= 0.3 is 0 Å². The summed E-state index contributed by atoms with van der Waals surface area (Å²) in [6, 6.07) is 151. The van der Waals surface area contributed by atoms with Gasteiger partial charge in [-0.2, -0.15) is 0 Å². The summed E-state index contributed by atoms with van der Waals surface area (Å²) in [4.78, 5) is 0. The molecular formula is C120H102Br7FO10. The van der Waals surface area contributed by atoms with Crippen molar-refractivity contribution in [1.82, 2.24) is 0 Å². The lowest BCUT2D eigenvalue weighted by Crippen LogP contribution is -2.00. The molecule has 0 radical (unpaired) electrons. The van der Waals surface area contributed by atoms with Crippen molar-refractivity contribution >= 4 is 112 Å². The summed E-state index contributed by atoms with van der Waals surface area (Å²) in [5, 5.41) is 0. The molecule has 18 aromatic rings. The first kappa shape index (κ1) is 104. The number of rotatable bonds is 30. The molecule has 0 atom stereocenters. The second-order valence-electron chi connectivity index (χ2n) is 30.7. The summed E-state index contributed by atoms with van der Waals surface area (Å²) < 4.78 is 75.9. The molecule has 0 saturated heterocycles. The van der Waals surface area contributed by atoms with Crippen molar-refractivity contribution in [3.63, 3.8) is 0 Å². The van der Waals surface area contributed by atoms with E-state index in [0.29, 0.717) is 68.0 Å². The number of ether oxygens (including phenoxy) is 10. The van der Waals surface area contributed by atoms with E-state index in [0.717, 1.165) is 119 Å². The summed E-state index contributed by atoms with van der Waals surface area (Å²) in [6.45, 7) is 3.78. The molecule has 0 aliphatic rings. The van der Waals surface area contributed by atoms with Crippen LogP contribution in [0.15, 0.2) is 486 Å². The molecule has 0 heterocycles. The van der Waals surface area contributed by atoms with Crippen LogP contribution in [0.3, 0.4) is 0 Å². The van der Waals surface area contributed by atoms with E-state index in [9.17, 15) is 4.39 Å². The first-order valence-corrected chi connectivity index (χ1v) is 49.9. The van der Waals surface area contributed by atoms with Crippen molar-refractivity contribution in [2.45, 2.75) is 59.1 Å². The lowest BCUT2D eigenvalue weighted by Gasteiger charge is -2.14. The van der Waals surface area contributed by atoms with Crippen molar-refractivity contribution in [2.24, 2.45) is 0 Å². The minimum Gasteiger partial charge on any atom is -0.497 e. The molecule has 0 amide bonds. The van der Waals surface area contributed by atoms with Crippen molar-refractivity contribution in [2.75, 3.05) is 21.3 Å². The maximum Gasteiger partial charge on any atom is 0.176 e. The first-order valence-electron chi connectivity index (χ1n) is 44.3. The average Bonchev–Trinajstić information content (AvgIpc) is 0.831. The van der Waals surface area contributed by atoms with Gasteiger partial charge in [-0.1, -0.05) is 376 Å². The van der Waals surface area contributed by atoms with Crippen LogP contribution in [0, 0.1) is 5.82 Å². The Morgan fingerprint density at radius 2 is 0.507 bits per heavy atom. The van der Waals surface area contributed by atoms with Crippen LogP contribution in [0.1, 0.15) is 61.2 Å². The molecular weight excluding hydrogens is 2180 g/mol. The van der Waals surface area contributed by atoms with Gasteiger partial charge in [0.15, 0.2) is 23.0 Å². The number of hydrogen-bond acceptors (Lipinski definition) is 10. The van der Waals surface area contributed by atoms with E-state index in [-0.39, 0.29) is 5.82 Å². The molecule has 0 aromatic heterocycles. The highest BCUT2D eigenvalue weighted by Crippen LogP contribution is 2.42. The molecule has 0 N–H and O–H groups in total. The van der Waals surface area contributed by atoms with Gasteiger partial charge in [0, 0.05) is 18.1 Å². The van der Waals surface area contributed by atoms with Gasteiger partial charge in [-0.15, -0.1) is 0 Å². The topological polar surface area (TPSA) is 92.3 Å². The molecule has 0 aliphatic heterocycles. The fourth-order valence-electron chi connectivity index (χ4n) is 13.7. The van der Waals surface area contributed by atoms with Crippen molar-refractivity contribution in [1.29, 1.82) is 0 Å². The first-order chi connectivity index (χ1) is 67.6. The smallest absolute Gasteiger partial charge is 0.176 e. The van der Waals surface area contributed by atoms with Crippen LogP contribution in [0.5, 0.6) is 57.5 Å². The Morgan fingerprint density at radius 3 is 0.906 bits per heavy atom. The maximum atomic E-state index is 12.8. The van der Waals surface area contributed by atoms with E-state index in [1.165, 1.54) is 56.6 Å². The minimum absolute atomic E-state index is 0.279. The molecule has 0 unspecified atom stereocenters. The number of hydrogen-bond donors (Lipinski definition) is 0.